The van der Waals surface area contributed by atoms with E-state index in [0.717, 1.165) is 19.8 Å². The van der Waals surface area contributed by atoms with Gasteiger partial charge in [0.05, 0.1) is 14.7 Å². The van der Waals surface area contributed by atoms with E-state index in [0.29, 0.717) is 5.82 Å². The maximum atomic E-state index is 5.67. The average molecular weight is 295 g/mol. The third kappa shape index (κ3) is 1.50. The maximum absolute atomic E-state index is 5.67. The second-order valence-electron chi connectivity index (χ2n) is 3.27. The van der Waals surface area contributed by atoms with Gasteiger partial charge in [0.2, 0.25) is 5.13 Å². The van der Waals surface area contributed by atoms with Crippen LogP contribution in [0.15, 0.2) is 34.9 Å². The zero-order chi connectivity index (χ0) is 11.1. The molecule has 0 aliphatic heterocycles. The van der Waals surface area contributed by atoms with Crippen molar-refractivity contribution in [1.82, 2.24) is 14.8 Å². The number of halogens is 1. The number of rotatable bonds is 1. The minimum absolute atomic E-state index is 0.472. The first-order chi connectivity index (χ1) is 7.74. The highest BCUT2D eigenvalue weighted by atomic mass is 79.9. The van der Waals surface area contributed by atoms with E-state index >= 15 is 0 Å². The Balaban J connectivity index is 2.18. The van der Waals surface area contributed by atoms with Gasteiger partial charge in [-0.2, -0.15) is 0 Å². The number of hydrogen-bond donors (Lipinski definition) is 1. The van der Waals surface area contributed by atoms with E-state index in [2.05, 4.69) is 26.0 Å². The number of aromatic nitrogens is 3. The third-order valence-corrected chi connectivity index (χ3v) is 3.81. The molecule has 0 bridgehead atoms. The molecule has 3 aromatic rings. The number of nitrogens with zero attached hydrogens (tertiary/aromatic N) is 3. The summed E-state index contributed by atoms with van der Waals surface area (Å²) in [6.45, 7) is 0. The Morgan fingerprint density at radius 3 is 2.81 bits per heavy atom. The molecule has 2 aromatic heterocycles. The van der Waals surface area contributed by atoms with Gasteiger partial charge in [0.15, 0.2) is 5.82 Å². The molecule has 0 unspecified atom stereocenters. The molecule has 0 atom stereocenters. The van der Waals surface area contributed by atoms with Crippen molar-refractivity contribution in [1.29, 1.82) is 0 Å². The van der Waals surface area contributed by atoms with E-state index in [9.17, 15) is 0 Å². The van der Waals surface area contributed by atoms with Crippen molar-refractivity contribution < 1.29 is 0 Å². The van der Waals surface area contributed by atoms with Crippen molar-refractivity contribution in [2.75, 3.05) is 5.73 Å². The van der Waals surface area contributed by atoms with Gasteiger partial charge in [0.25, 0.3) is 0 Å². The van der Waals surface area contributed by atoms with Crippen molar-refractivity contribution in [2.45, 2.75) is 0 Å². The number of nitrogens with two attached hydrogens (primary N) is 1. The Hall–Kier alpha value is -1.40. The van der Waals surface area contributed by atoms with Crippen molar-refractivity contribution in [3.05, 3.63) is 34.9 Å². The fraction of sp³-hybridized carbons (Fsp3) is 0. The van der Waals surface area contributed by atoms with Gasteiger partial charge in [-0.05, 0) is 28.1 Å². The number of benzene rings is 1. The standard InChI is InChI=1S/C10H7BrN4S/c11-6-5-15(14-9(6)12)10-13-7-3-1-2-4-8(7)16-10/h1-5H,(H2,12,14). The van der Waals surface area contributed by atoms with Crippen LogP contribution in [0.5, 0.6) is 0 Å². The first kappa shape index (κ1) is 9.80. The van der Waals surface area contributed by atoms with E-state index in [-0.39, 0.29) is 0 Å². The SMILES string of the molecule is Nc1nn(-c2nc3ccccc3s2)cc1Br. The smallest absolute Gasteiger partial charge is 0.211 e. The Morgan fingerprint density at radius 2 is 2.12 bits per heavy atom. The van der Waals surface area contributed by atoms with Crippen LogP contribution in [-0.4, -0.2) is 14.8 Å². The Kier molecular flexibility index (Phi) is 2.19. The molecule has 0 saturated heterocycles. The molecule has 4 nitrogen and oxygen atoms in total. The van der Waals surface area contributed by atoms with Crippen LogP contribution in [0.1, 0.15) is 0 Å². The normalized spacial score (nSPS) is 11.1. The minimum atomic E-state index is 0.472. The number of nitrogen functional groups attached to an aromatic ring is 1. The summed E-state index contributed by atoms with van der Waals surface area (Å²) in [4.78, 5) is 4.48. The van der Waals surface area contributed by atoms with Crippen LogP contribution in [0.3, 0.4) is 0 Å². The predicted octanol–water partition coefficient (Wildman–Crippen LogP) is 2.83. The van der Waals surface area contributed by atoms with Gasteiger partial charge in [-0.1, -0.05) is 23.5 Å². The van der Waals surface area contributed by atoms with Gasteiger partial charge in [0, 0.05) is 6.20 Å². The molecular weight excluding hydrogens is 288 g/mol. The van der Waals surface area contributed by atoms with Crippen LogP contribution >= 0.6 is 27.3 Å². The average Bonchev–Trinajstić information content (AvgIpc) is 2.83. The molecule has 2 heterocycles. The molecule has 0 spiro atoms. The Bertz CT molecular complexity index is 605. The van der Waals surface area contributed by atoms with Crippen molar-refractivity contribution in [2.24, 2.45) is 0 Å². The van der Waals surface area contributed by atoms with Crippen LogP contribution in [0.2, 0.25) is 0 Å². The molecular formula is C10H7BrN4S. The van der Waals surface area contributed by atoms with Crippen LogP contribution in [0, 0.1) is 0 Å². The van der Waals surface area contributed by atoms with E-state index in [1.165, 1.54) is 0 Å². The summed E-state index contributed by atoms with van der Waals surface area (Å²) in [7, 11) is 0. The molecule has 6 heteroatoms. The maximum Gasteiger partial charge on any atom is 0.211 e. The molecule has 2 N–H and O–H groups in total. The molecule has 0 aliphatic carbocycles. The molecule has 0 aliphatic rings. The minimum Gasteiger partial charge on any atom is -0.381 e. The first-order valence-electron chi connectivity index (χ1n) is 4.60. The molecule has 80 valence electrons. The van der Waals surface area contributed by atoms with E-state index in [1.807, 2.05) is 30.5 Å². The highest BCUT2D eigenvalue weighted by Gasteiger charge is 2.08. The lowest BCUT2D eigenvalue weighted by Gasteiger charge is -1.90. The largest absolute Gasteiger partial charge is 0.381 e. The number of hydrogen-bond acceptors (Lipinski definition) is 4. The zero-order valence-corrected chi connectivity index (χ0v) is 10.5. The van der Waals surface area contributed by atoms with E-state index < -0.39 is 0 Å². The van der Waals surface area contributed by atoms with Gasteiger partial charge in [0.1, 0.15) is 0 Å². The summed E-state index contributed by atoms with van der Waals surface area (Å²) in [6.07, 6.45) is 1.81. The lowest BCUT2D eigenvalue weighted by atomic mass is 10.3. The number of para-hydroxylation sites is 1. The van der Waals surface area contributed by atoms with Gasteiger partial charge in [-0.15, -0.1) is 5.10 Å². The monoisotopic (exact) mass is 294 g/mol. The molecule has 0 radical (unpaired) electrons. The van der Waals surface area contributed by atoms with Crippen LogP contribution in [0.4, 0.5) is 5.82 Å². The van der Waals surface area contributed by atoms with E-state index in [1.54, 1.807) is 16.0 Å². The highest BCUT2D eigenvalue weighted by Crippen LogP contribution is 2.26. The number of thiazole rings is 1. The fourth-order valence-corrected chi connectivity index (χ4v) is 2.59. The van der Waals surface area contributed by atoms with Gasteiger partial charge < -0.3 is 5.73 Å². The lowest BCUT2D eigenvalue weighted by Crippen LogP contribution is -1.94. The fourth-order valence-electron chi connectivity index (χ4n) is 1.42. The molecule has 0 saturated carbocycles. The summed E-state index contributed by atoms with van der Waals surface area (Å²) >= 11 is 4.91. The Morgan fingerprint density at radius 1 is 1.31 bits per heavy atom. The first-order valence-corrected chi connectivity index (χ1v) is 6.21. The molecule has 0 fully saturated rings. The number of fused-ring (bicyclic) bond motifs is 1. The Labute approximate surface area is 104 Å². The summed E-state index contributed by atoms with van der Waals surface area (Å²) in [5.41, 5.74) is 6.65. The molecule has 16 heavy (non-hydrogen) atoms. The molecule has 1 aromatic carbocycles. The quantitative estimate of drug-likeness (QED) is 0.751. The predicted molar refractivity (Wildman–Crippen MR) is 68.9 cm³/mol. The molecule has 3 rings (SSSR count). The molecule has 0 amide bonds. The van der Waals surface area contributed by atoms with Crippen LogP contribution in [-0.2, 0) is 0 Å². The number of anilines is 1. The van der Waals surface area contributed by atoms with Crippen LogP contribution in [0.25, 0.3) is 15.3 Å². The second-order valence-corrected chi connectivity index (χ2v) is 5.13. The summed E-state index contributed by atoms with van der Waals surface area (Å²) in [6, 6.07) is 7.99. The van der Waals surface area contributed by atoms with Crippen molar-refractivity contribution >= 4 is 43.3 Å². The van der Waals surface area contributed by atoms with Gasteiger partial charge in [-0.3, -0.25) is 0 Å². The van der Waals surface area contributed by atoms with Gasteiger partial charge in [-0.25, -0.2) is 9.67 Å². The summed E-state index contributed by atoms with van der Waals surface area (Å²) in [5, 5.41) is 4.99. The third-order valence-electron chi connectivity index (χ3n) is 2.17. The van der Waals surface area contributed by atoms with E-state index in [4.69, 9.17) is 5.73 Å². The topological polar surface area (TPSA) is 56.7 Å². The van der Waals surface area contributed by atoms with Crippen molar-refractivity contribution in [3.63, 3.8) is 0 Å². The van der Waals surface area contributed by atoms with Crippen molar-refractivity contribution in [3.8, 4) is 5.13 Å². The van der Waals surface area contributed by atoms with Crippen LogP contribution < -0.4 is 5.73 Å². The summed E-state index contributed by atoms with van der Waals surface area (Å²) < 4.78 is 3.61. The summed E-state index contributed by atoms with van der Waals surface area (Å²) in [5.74, 6) is 0.472. The highest BCUT2D eigenvalue weighted by molar-refractivity contribution is 9.10. The van der Waals surface area contributed by atoms with Gasteiger partial charge >= 0.3 is 0 Å². The second kappa shape index (κ2) is 3.57. The zero-order valence-electron chi connectivity index (χ0n) is 8.09. The lowest BCUT2D eigenvalue weighted by molar-refractivity contribution is 0.878.